The summed E-state index contributed by atoms with van der Waals surface area (Å²) in [6.07, 6.45) is 0. The van der Waals surface area contributed by atoms with Gasteiger partial charge in [-0.2, -0.15) is 0 Å². The zero-order valence-electron chi connectivity index (χ0n) is 34.2. The van der Waals surface area contributed by atoms with Crippen LogP contribution in [0.3, 0.4) is 0 Å². The molecule has 2 aliphatic rings. The van der Waals surface area contributed by atoms with Gasteiger partial charge in [-0.25, -0.2) is 0 Å². The molecule has 4 heteroatoms. The highest BCUT2D eigenvalue weighted by atomic mass is 32.1. The van der Waals surface area contributed by atoms with Crippen LogP contribution in [0.1, 0.15) is 77.6 Å². The second-order valence-corrected chi connectivity index (χ2v) is 20.1. The summed E-state index contributed by atoms with van der Waals surface area (Å²) in [7, 11) is 0. The number of thiophene rings is 1. The van der Waals surface area contributed by atoms with E-state index >= 15 is 0 Å². The molecule has 0 atom stereocenters. The third kappa shape index (κ3) is 4.96. The lowest BCUT2D eigenvalue weighted by molar-refractivity contribution is 0.588. The molecule has 0 spiro atoms. The van der Waals surface area contributed by atoms with E-state index in [0.29, 0.717) is 0 Å². The van der Waals surface area contributed by atoms with Crippen LogP contribution < -0.4 is 21.3 Å². The Balaban J connectivity index is 1.30. The standard InChI is InChI=1S/C53H47BN2S/c1-51(2,3)32-21-24-34(25-22-32)55-46-30-39-38-17-11-14-20-48(38)57-49(39)31-43(46)54-42-27-33(52(4,5)6)23-26-40(42)53(7,8)41-28-35(29-47(55)50(41)54)56-44-18-12-9-15-36(44)37-16-10-13-19-45(37)56/h9-31H,1-8H3. The second kappa shape index (κ2) is 11.7. The first-order valence-corrected chi connectivity index (χ1v) is 21.3. The summed E-state index contributed by atoms with van der Waals surface area (Å²) in [6, 6.07) is 53.7. The quantitative estimate of drug-likeness (QED) is 0.160. The van der Waals surface area contributed by atoms with Crippen LogP contribution in [0.4, 0.5) is 17.1 Å². The topological polar surface area (TPSA) is 8.17 Å². The van der Waals surface area contributed by atoms with Gasteiger partial charge < -0.3 is 9.47 Å². The third-order valence-corrected chi connectivity index (χ3v) is 14.3. The summed E-state index contributed by atoms with van der Waals surface area (Å²) in [4.78, 5) is 2.61. The number of fused-ring (bicyclic) bond motifs is 10. The van der Waals surface area contributed by atoms with Gasteiger partial charge in [0.15, 0.2) is 0 Å². The van der Waals surface area contributed by atoms with Crippen LogP contribution >= 0.6 is 11.3 Å². The van der Waals surface area contributed by atoms with Crippen molar-refractivity contribution < 1.29 is 0 Å². The average Bonchev–Trinajstić information content (AvgIpc) is 3.73. The summed E-state index contributed by atoms with van der Waals surface area (Å²) in [5.74, 6) is 0. The number of aromatic nitrogens is 1. The molecule has 0 saturated carbocycles. The summed E-state index contributed by atoms with van der Waals surface area (Å²) < 4.78 is 5.20. The number of hydrogen-bond donors (Lipinski definition) is 0. The van der Waals surface area contributed by atoms with Crippen molar-refractivity contribution in [2.24, 2.45) is 0 Å². The van der Waals surface area contributed by atoms with Gasteiger partial charge in [0, 0.05) is 59.1 Å². The minimum absolute atomic E-state index is 0.0242. The van der Waals surface area contributed by atoms with Crippen molar-refractivity contribution in [3.05, 3.63) is 162 Å². The average molecular weight is 755 g/mol. The maximum Gasteiger partial charge on any atom is 0.247 e. The van der Waals surface area contributed by atoms with Crippen molar-refractivity contribution in [1.82, 2.24) is 4.57 Å². The first kappa shape index (κ1) is 34.7. The van der Waals surface area contributed by atoms with E-state index in [0.717, 1.165) is 0 Å². The van der Waals surface area contributed by atoms with Crippen molar-refractivity contribution in [3.8, 4) is 5.69 Å². The fourth-order valence-electron chi connectivity index (χ4n) is 10.1. The van der Waals surface area contributed by atoms with E-state index in [4.69, 9.17) is 0 Å². The lowest BCUT2D eigenvalue weighted by atomic mass is 9.30. The minimum Gasteiger partial charge on any atom is -0.311 e. The molecule has 0 saturated heterocycles. The highest BCUT2D eigenvalue weighted by Crippen LogP contribution is 2.47. The molecule has 278 valence electrons. The SMILES string of the molecule is CC(C)(C)c1ccc(N2c3cc4c(cc3B3c5cc(C(C)(C)C)ccc5C(C)(C)c5cc(-n6c7ccccc7c7ccccc76)cc2c53)sc2ccccc24)cc1. The van der Waals surface area contributed by atoms with Gasteiger partial charge in [-0.1, -0.05) is 146 Å². The van der Waals surface area contributed by atoms with Gasteiger partial charge in [0.1, 0.15) is 0 Å². The van der Waals surface area contributed by atoms with E-state index in [1.807, 2.05) is 11.3 Å². The van der Waals surface area contributed by atoms with Crippen LogP contribution in [0.25, 0.3) is 47.7 Å². The zero-order chi connectivity index (χ0) is 39.2. The van der Waals surface area contributed by atoms with Gasteiger partial charge in [0.2, 0.25) is 6.71 Å². The van der Waals surface area contributed by atoms with Gasteiger partial charge >= 0.3 is 0 Å². The molecular weight excluding hydrogens is 707 g/mol. The molecule has 11 rings (SSSR count). The molecule has 0 fully saturated rings. The van der Waals surface area contributed by atoms with Crippen molar-refractivity contribution in [1.29, 1.82) is 0 Å². The minimum atomic E-state index is -0.248. The lowest BCUT2D eigenvalue weighted by Gasteiger charge is -2.46. The Bertz CT molecular complexity index is 3070. The van der Waals surface area contributed by atoms with E-state index in [1.165, 1.54) is 103 Å². The number of benzene rings is 7. The van der Waals surface area contributed by atoms with Crippen molar-refractivity contribution in [3.63, 3.8) is 0 Å². The predicted octanol–water partition coefficient (Wildman–Crippen LogP) is 12.7. The Morgan fingerprint density at radius 3 is 1.77 bits per heavy atom. The molecule has 4 heterocycles. The Hall–Kier alpha value is -5.58. The Kier molecular flexibility index (Phi) is 7.14. The van der Waals surface area contributed by atoms with Crippen molar-refractivity contribution in [2.45, 2.75) is 71.6 Å². The van der Waals surface area contributed by atoms with Crippen LogP contribution in [0.2, 0.25) is 0 Å². The van der Waals surface area contributed by atoms with Crippen LogP contribution in [0.15, 0.2) is 140 Å². The van der Waals surface area contributed by atoms with E-state index < -0.39 is 0 Å². The summed E-state index contributed by atoms with van der Waals surface area (Å²) in [5, 5.41) is 5.22. The normalized spacial score (nSPS) is 14.7. The Morgan fingerprint density at radius 1 is 0.491 bits per heavy atom. The maximum absolute atomic E-state index is 2.61. The molecule has 0 radical (unpaired) electrons. The molecule has 0 bridgehead atoms. The lowest BCUT2D eigenvalue weighted by Crippen LogP contribution is -2.64. The molecule has 0 N–H and O–H groups in total. The van der Waals surface area contributed by atoms with E-state index in [-0.39, 0.29) is 23.0 Å². The molecule has 0 aliphatic carbocycles. The molecular formula is C53H47BN2S. The monoisotopic (exact) mass is 754 g/mol. The molecule has 7 aromatic carbocycles. The van der Waals surface area contributed by atoms with Crippen LogP contribution in [0.5, 0.6) is 0 Å². The molecule has 9 aromatic rings. The number of anilines is 3. The number of hydrogen-bond acceptors (Lipinski definition) is 2. The second-order valence-electron chi connectivity index (χ2n) is 19.0. The van der Waals surface area contributed by atoms with Gasteiger partial charge in [-0.05, 0) is 98.6 Å². The first-order chi connectivity index (χ1) is 27.3. The fraction of sp³-hybridized carbons (Fsp3) is 0.208. The van der Waals surface area contributed by atoms with Crippen LogP contribution in [-0.4, -0.2) is 11.3 Å². The van der Waals surface area contributed by atoms with E-state index in [2.05, 4.69) is 204 Å². The highest BCUT2D eigenvalue weighted by molar-refractivity contribution is 7.26. The maximum atomic E-state index is 2.61. The third-order valence-electron chi connectivity index (χ3n) is 13.2. The fourth-order valence-corrected chi connectivity index (χ4v) is 11.3. The molecule has 2 aliphatic heterocycles. The summed E-state index contributed by atoms with van der Waals surface area (Å²) in [5.41, 5.74) is 17.0. The highest BCUT2D eigenvalue weighted by Gasteiger charge is 2.47. The number of para-hydroxylation sites is 2. The Morgan fingerprint density at radius 2 is 1.11 bits per heavy atom. The summed E-state index contributed by atoms with van der Waals surface area (Å²) >= 11 is 1.92. The predicted molar refractivity (Wildman–Crippen MR) is 249 cm³/mol. The Labute approximate surface area is 340 Å². The molecule has 2 aromatic heterocycles. The van der Waals surface area contributed by atoms with Crippen molar-refractivity contribution >= 4 is 93.5 Å². The molecule has 0 amide bonds. The van der Waals surface area contributed by atoms with Gasteiger partial charge in [0.25, 0.3) is 0 Å². The zero-order valence-corrected chi connectivity index (χ0v) is 35.0. The smallest absolute Gasteiger partial charge is 0.247 e. The van der Waals surface area contributed by atoms with Crippen LogP contribution in [0, 0.1) is 0 Å². The van der Waals surface area contributed by atoms with Gasteiger partial charge in [0.05, 0.1) is 11.0 Å². The number of nitrogens with zero attached hydrogens (tertiary/aromatic N) is 2. The van der Waals surface area contributed by atoms with Gasteiger partial charge in [-0.15, -0.1) is 11.3 Å². The molecule has 0 unspecified atom stereocenters. The van der Waals surface area contributed by atoms with E-state index in [1.54, 1.807) is 0 Å². The summed E-state index contributed by atoms with van der Waals surface area (Å²) in [6.45, 7) is 18.9. The van der Waals surface area contributed by atoms with Gasteiger partial charge in [-0.3, -0.25) is 0 Å². The van der Waals surface area contributed by atoms with E-state index in [9.17, 15) is 0 Å². The largest absolute Gasteiger partial charge is 0.311 e. The first-order valence-electron chi connectivity index (χ1n) is 20.5. The van der Waals surface area contributed by atoms with Crippen LogP contribution in [-0.2, 0) is 16.2 Å². The van der Waals surface area contributed by atoms with Crippen molar-refractivity contribution in [2.75, 3.05) is 4.90 Å². The molecule has 2 nitrogen and oxygen atoms in total. The number of rotatable bonds is 2. The molecule has 57 heavy (non-hydrogen) atoms.